The van der Waals surface area contributed by atoms with E-state index in [9.17, 15) is 23.4 Å². The molecule has 1 amide bonds. The summed E-state index contributed by atoms with van der Waals surface area (Å²) in [5.41, 5.74) is 0.819. The molecule has 0 saturated heterocycles. The number of fused-ring (bicyclic) bond motifs is 1. The molecular weight excluding hydrogens is 436 g/mol. The molecule has 2 aromatic carbocycles. The van der Waals surface area contributed by atoms with Crippen molar-refractivity contribution in [3.63, 3.8) is 0 Å². The number of hydrogen-bond acceptors (Lipinski definition) is 6. The van der Waals surface area contributed by atoms with Crippen LogP contribution in [0.4, 0.5) is 4.79 Å². The van der Waals surface area contributed by atoms with Crippen LogP contribution in [0.1, 0.15) is 19.4 Å². The van der Waals surface area contributed by atoms with Crippen molar-refractivity contribution < 1.29 is 32.9 Å². The lowest BCUT2D eigenvalue weighted by atomic mass is 10.0. The van der Waals surface area contributed by atoms with Gasteiger partial charge in [0.05, 0.1) is 17.0 Å². The van der Waals surface area contributed by atoms with Gasteiger partial charge in [-0.15, -0.1) is 0 Å². The van der Waals surface area contributed by atoms with Crippen LogP contribution in [0.3, 0.4) is 0 Å². The maximum absolute atomic E-state index is 13.4. The zero-order chi connectivity index (χ0) is 23.3. The highest BCUT2D eigenvalue weighted by Gasteiger charge is 2.32. The minimum Gasteiger partial charge on any atom is -0.465 e. The lowest BCUT2D eigenvalue weighted by Crippen LogP contribution is -2.50. The average molecular weight is 465 g/mol. The van der Waals surface area contributed by atoms with E-state index in [1.165, 1.54) is 22.5 Å². The topological polar surface area (TPSA) is 125 Å². The fourth-order valence-corrected chi connectivity index (χ4v) is 5.15. The van der Waals surface area contributed by atoms with Crippen LogP contribution in [0, 0.1) is 5.92 Å². The standard InChI is InChI=1S/C22H28N2O7S/c1-15(2)12-24(32(28,29)17-8-9-20-21(11-17)31-14-30-20)13-19(25)18(23-22(26)27)10-16-6-4-3-5-7-16/h3-9,11,15,18-19,23,25H,10,12-14H2,1-2H3,(H,26,27)/t18-,19+/m0/s1. The molecule has 1 heterocycles. The maximum atomic E-state index is 13.4. The molecule has 3 N–H and O–H groups in total. The predicted octanol–water partition coefficient (Wildman–Crippen LogP) is 2.30. The zero-order valence-corrected chi connectivity index (χ0v) is 18.8. The molecule has 0 spiro atoms. The fraction of sp³-hybridized carbons (Fsp3) is 0.409. The summed E-state index contributed by atoms with van der Waals surface area (Å²) in [5.74, 6) is 0.782. The monoisotopic (exact) mass is 464 g/mol. The van der Waals surface area contributed by atoms with Gasteiger partial charge in [-0.1, -0.05) is 44.2 Å². The highest BCUT2D eigenvalue weighted by Crippen LogP contribution is 2.34. The van der Waals surface area contributed by atoms with Crippen LogP contribution in [0.5, 0.6) is 11.5 Å². The molecule has 2 atom stereocenters. The first-order valence-corrected chi connectivity index (χ1v) is 11.7. The SMILES string of the molecule is CC(C)CN(C[C@@H](O)[C@H](Cc1ccccc1)NC(=O)O)S(=O)(=O)c1ccc2c(c1)OCO2. The second kappa shape index (κ2) is 10.2. The summed E-state index contributed by atoms with van der Waals surface area (Å²) in [4.78, 5) is 11.3. The van der Waals surface area contributed by atoms with Crippen molar-refractivity contribution in [1.82, 2.24) is 9.62 Å². The minimum absolute atomic E-state index is 0.0143. The maximum Gasteiger partial charge on any atom is 0.404 e. The smallest absolute Gasteiger partial charge is 0.404 e. The van der Waals surface area contributed by atoms with Gasteiger partial charge in [-0.25, -0.2) is 13.2 Å². The zero-order valence-electron chi connectivity index (χ0n) is 18.0. The third-order valence-electron chi connectivity index (χ3n) is 5.01. The number of ether oxygens (including phenoxy) is 2. The van der Waals surface area contributed by atoms with E-state index in [2.05, 4.69) is 5.32 Å². The molecule has 0 unspecified atom stereocenters. The van der Waals surface area contributed by atoms with Gasteiger partial charge in [-0.05, 0) is 30.0 Å². The van der Waals surface area contributed by atoms with E-state index in [1.54, 1.807) is 0 Å². The molecule has 174 valence electrons. The third kappa shape index (κ3) is 5.90. The predicted molar refractivity (Wildman–Crippen MR) is 117 cm³/mol. The first-order chi connectivity index (χ1) is 15.2. The number of rotatable bonds is 10. The summed E-state index contributed by atoms with van der Waals surface area (Å²) in [7, 11) is -3.99. The molecule has 32 heavy (non-hydrogen) atoms. The van der Waals surface area contributed by atoms with Gasteiger partial charge in [-0.2, -0.15) is 4.31 Å². The molecule has 0 aliphatic carbocycles. The number of benzene rings is 2. The van der Waals surface area contributed by atoms with Gasteiger partial charge in [0, 0.05) is 19.2 Å². The Bertz CT molecular complexity index is 1030. The summed E-state index contributed by atoms with van der Waals surface area (Å²) >= 11 is 0. The van der Waals surface area contributed by atoms with Crippen molar-refractivity contribution in [3.8, 4) is 11.5 Å². The molecule has 9 nitrogen and oxygen atoms in total. The van der Waals surface area contributed by atoms with E-state index in [1.807, 2.05) is 44.2 Å². The van der Waals surface area contributed by atoms with E-state index in [-0.39, 0.29) is 37.1 Å². The Morgan fingerprint density at radius 3 is 2.44 bits per heavy atom. The molecule has 3 rings (SSSR count). The van der Waals surface area contributed by atoms with Gasteiger partial charge in [0.15, 0.2) is 11.5 Å². The van der Waals surface area contributed by atoms with Gasteiger partial charge < -0.3 is 25.0 Å². The summed E-state index contributed by atoms with van der Waals surface area (Å²) in [6.45, 7) is 3.64. The largest absolute Gasteiger partial charge is 0.465 e. The molecule has 0 aromatic heterocycles. The van der Waals surface area contributed by atoms with Crippen LogP contribution < -0.4 is 14.8 Å². The van der Waals surface area contributed by atoms with Crippen molar-refractivity contribution in [2.75, 3.05) is 19.9 Å². The van der Waals surface area contributed by atoms with Gasteiger partial charge in [0.1, 0.15) is 0 Å². The Balaban J connectivity index is 1.84. The van der Waals surface area contributed by atoms with Crippen LogP contribution >= 0.6 is 0 Å². The first kappa shape index (κ1) is 23.8. The molecule has 0 fully saturated rings. The second-order valence-corrected chi connectivity index (χ2v) is 9.98. The number of sulfonamides is 1. The molecule has 0 bridgehead atoms. The second-order valence-electron chi connectivity index (χ2n) is 8.04. The third-order valence-corrected chi connectivity index (χ3v) is 6.84. The van der Waals surface area contributed by atoms with Crippen molar-refractivity contribution >= 4 is 16.1 Å². The summed E-state index contributed by atoms with van der Waals surface area (Å²) in [6, 6.07) is 12.6. The van der Waals surface area contributed by atoms with Crippen LogP contribution in [0.2, 0.25) is 0 Å². The Labute approximate surface area is 187 Å². The molecule has 0 radical (unpaired) electrons. The van der Waals surface area contributed by atoms with E-state index in [0.29, 0.717) is 11.5 Å². The fourth-order valence-electron chi connectivity index (χ4n) is 3.51. The van der Waals surface area contributed by atoms with Gasteiger partial charge in [0.2, 0.25) is 16.8 Å². The molecular formula is C22H28N2O7S. The van der Waals surface area contributed by atoms with Crippen molar-refractivity contribution in [2.45, 2.75) is 37.3 Å². The summed E-state index contributed by atoms with van der Waals surface area (Å²) in [5, 5.41) is 22.4. The lowest BCUT2D eigenvalue weighted by molar-refractivity contribution is 0.0980. The van der Waals surface area contributed by atoms with Crippen LogP contribution in [0.25, 0.3) is 0 Å². The number of nitrogens with one attached hydrogen (secondary N) is 1. The lowest BCUT2D eigenvalue weighted by Gasteiger charge is -2.30. The Morgan fingerprint density at radius 2 is 1.78 bits per heavy atom. The number of carboxylic acid groups (broad SMARTS) is 1. The number of nitrogens with zero attached hydrogens (tertiary/aromatic N) is 1. The normalized spacial score (nSPS) is 15.0. The molecule has 0 saturated carbocycles. The number of aliphatic hydroxyl groups is 1. The van der Waals surface area contributed by atoms with E-state index in [0.717, 1.165) is 5.56 Å². The van der Waals surface area contributed by atoms with Crippen molar-refractivity contribution in [3.05, 3.63) is 54.1 Å². The Morgan fingerprint density at radius 1 is 1.09 bits per heavy atom. The van der Waals surface area contributed by atoms with Gasteiger partial charge in [-0.3, -0.25) is 0 Å². The van der Waals surface area contributed by atoms with Crippen LogP contribution in [-0.2, 0) is 16.4 Å². The van der Waals surface area contributed by atoms with E-state index >= 15 is 0 Å². The quantitative estimate of drug-likeness (QED) is 0.493. The van der Waals surface area contributed by atoms with E-state index in [4.69, 9.17) is 9.47 Å². The van der Waals surface area contributed by atoms with E-state index < -0.39 is 28.3 Å². The number of amides is 1. The highest BCUT2D eigenvalue weighted by molar-refractivity contribution is 7.89. The van der Waals surface area contributed by atoms with Crippen molar-refractivity contribution in [2.24, 2.45) is 5.92 Å². The van der Waals surface area contributed by atoms with Gasteiger partial charge in [0.25, 0.3) is 0 Å². The number of aliphatic hydroxyl groups excluding tert-OH is 1. The van der Waals surface area contributed by atoms with Gasteiger partial charge >= 0.3 is 6.09 Å². The Kier molecular flexibility index (Phi) is 7.60. The molecule has 2 aromatic rings. The molecule has 1 aliphatic heterocycles. The average Bonchev–Trinajstić information content (AvgIpc) is 3.21. The highest BCUT2D eigenvalue weighted by atomic mass is 32.2. The first-order valence-electron chi connectivity index (χ1n) is 10.3. The molecule has 10 heteroatoms. The number of carbonyl (C=O) groups is 1. The molecule has 1 aliphatic rings. The minimum atomic E-state index is -3.99. The number of hydrogen-bond donors (Lipinski definition) is 3. The van der Waals surface area contributed by atoms with Crippen LogP contribution in [-0.4, -0.2) is 61.1 Å². The van der Waals surface area contributed by atoms with Crippen molar-refractivity contribution in [1.29, 1.82) is 0 Å². The summed E-state index contributed by atoms with van der Waals surface area (Å²) in [6.07, 6.45) is -2.35. The summed E-state index contributed by atoms with van der Waals surface area (Å²) < 4.78 is 38.5. The Hall–Kier alpha value is -2.82. The van der Waals surface area contributed by atoms with Crippen LogP contribution in [0.15, 0.2) is 53.4 Å².